The van der Waals surface area contributed by atoms with Gasteiger partial charge in [-0.15, -0.1) is 0 Å². The van der Waals surface area contributed by atoms with Gasteiger partial charge in [-0.2, -0.15) is 9.57 Å². The zero-order valence-electron chi connectivity index (χ0n) is 21.4. The molecule has 0 unspecified atom stereocenters. The molecule has 2 aromatic carbocycles. The maximum atomic E-state index is 15.7. The van der Waals surface area contributed by atoms with Crippen LogP contribution in [0.5, 0.6) is 0 Å². The molecule has 212 valence electrons. The zero-order valence-corrected chi connectivity index (χ0v) is 23.0. The molecule has 13 heteroatoms. The van der Waals surface area contributed by atoms with Crippen LogP contribution in [0.4, 0.5) is 13.2 Å². The van der Waals surface area contributed by atoms with Crippen molar-refractivity contribution in [2.45, 2.75) is 42.3 Å². The molecule has 0 radical (unpaired) electrons. The fraction of sp³-hybridized carbons (Fsp3) is 0.370. The monoisotopic (exact) mass is 594 g/mol. The number of alkyl halides is 3. The largest absolute Gasteiger partial charge is 0.350 e. The second kappa shape index (κ2) is 11.2. The van der Waals surface area contributed by atoms with E-state index in [2.05, 4.69) is 5.32 Å². The number of sulfonamides is 1. The summed E-state index contributed by atoms with van der Waals surface area (Å²) in [5.41, 5.74) is -1.48. The first-order valence-electron chi connectivity index (χ1n) is 12.4. The number of rotatable bonds is 7. The summed E-state index contributed by atoms with van der Waals surface area (Å²) in [7, 11) is -4.19. The van der Waals surface area contributed by atoms with Crippen molar-refractivity contribution in [3.63, 3.8) is 0 Å². The van der Waals surface area contributed by atoms with Gasteiger partial charge in [0.15, 0.2) is 5.67 Å². The van der Waals surface area contributed by atoms with Gasteiger partial charge >= 0.3 is 0 Å². The Labute approximate surface area is 235 Å². The minimum absolute atomic E-state index is 0.1000. The van der Waals surface area contributed by atoms with Crippen molar-refractivity contribution in [1.29, 1.82) is 5.26 Å². The van der Waals surface area contributed by atoms with Gasteiger partial charge in [0, 0.05) is 54.2 Å². The van der Waals surface area contributed by atoms with Gasteiger partial charge in [0.2, 0.25) is 15.9 Å². The smallest absolute Gasteiger partial charge is 0.282 e. The summed E-state index contributed by atoms with van der Waals surface area (Å²) in [5, 5.41) is 12.0. The SMILES string of the molecule is C[C@@H]1C[C@](F)(C(=O)NC/C=C\C(=O)N2CC(F)(F)C2)CCN1S(=O)(=O)c1ccc(C#N)cc1-c1ccccc1Cl. The van der Waals surface area contributed by atoms with Crippen LogP contribution in [0.3, 0.4) is 0 Å². The van der Waals surface area contributed by atoms with Gasteiger partial charge < -0.3 is 10.2 Å². The van der Waals surface area contributed by atoms with Crippen LogP contribution in [0, 0.1) is 11.3 Å². The van der Waals surface area contributed by atoms with E-state index in [4.69, 9.17) is 11.6 Å². The van der Waals surface area contributed by atoms with Crippen molar-refractivity contribution >= 4 is 33.4 Å². The van der Waals surface area contributed by atoms with E-state index in [1.807, 2.05) is 6.07 Å². The number of benzene rings is 2. The van der Waals surface area contributed by atoms with E-state index in [1.54, 1.807) is 24.3 Å². The molecule has 2 fully saturated rings. The maximum Gasteiger partial charge on any atom is 0.282 e. The average Bonchev–Trinajstić information content (AvgIpc) is 2.89. The summed E-state index contributed by atoms with van der Waals surface area (Å²) in [6.07, 6.45) is 1.45. The average molecular weight is 595 g/mol. The normalized spacial score (nSPS) is 22.9. The zero-order chi connectivity index (χ0) is 29.3. The van der Waals surface area contributed by atoms with Crippen LogP contribution < -0.4 is 5.32 Å². The maximum absolute atomic E-state index is 15.7. The van der Waals surface area contributed by atoms with Gasteiger partial charge in [0.25, 0.3) is 11.8 Å². The lowest BCUT2D eigenvalue weighted by Gasteiger charge is -2.39. The van der Waals surface area contributed by atoms with E-state index in [0.717, 1.165) is 15.3 Å². The third-order valence-electron chi connectivity index (χ3n) is 6.90. The molecule has 2 aliphatic rings. The van der Waals surface area contributed by atoms with Crippen molar-refractivity contribution < 1.29 is 31.2 Å². The number of piperidine rings is 1. The molecule has 0 aliphatic carbocycles. The van der Waals surface area contributed by atoms with Gasteiger partial charge in [0.1, 0.15) is 0 Å². The molecule has 0 spiro atoms. The molecule has 2 saturated heterocycles. The number of nitriles is 1. The van der Waals surface area contributed by atoms with E-state index in [1.165, 1.54) is 31.2 Å². The van der Waals surface area contributed by atoms with Crippen molar-refractivity contribution in [1.82, 2.24) is 14.5 Å². The number of carbonyl (C=O) groups is 2. The minimum Gasteiger partial charge on any atom is -0.350 e. The second-order valence-electron chi connectivity index (χ2n) is 9.85. The van der Waals surface area contributed by atoms with E-state index in [-0.39, 0.29) is 29.1 Å². The molecule has 1 N–H and O–H groups in total. The Kier molecular flexibility index (Phi) is 8.31. The highest BCUT2D eigenvalue weighted by atomic mass is 35.5. The summed E-state index contributed by atoms with van der Waals surface area (Å²) in [6.45, 7) is -0.333. The molecule has 0 aromatic heterocycles. The Balaban J connectivity index is 1.45. The Morgan fingerprint density at radius 1 is 1.18 bits per heavy atom. The van der Waals surface area contributed by atoms with Crippen LogP contribution in [-0.4, -0.2) is 73.2 Å². The first-order chi connectivity index (χ1) is 18.8. The van der Waals surface area contributed by atoms with Crippen LogP contribution >= 0.6 is 11.6 Å². The molecule has 0 bridgehead atoms. The highest BCUT2D eigenvalue weighted by molar-refractivity contribution is 7.89. The Bertz CT molecular complexity index is 1500. The lowest BCUT2D eigenvalue weighted by Crippen LogP contribution is -2.58. The van der Waals surface area contributed by atoms with Crippen molar-refractivity contribution in [3.8, 4) is 17.2 Å². The molecule has 2 atom stereocenters. The Morgan fingerprint density at radius 2 is 1.88 bits per heavy atom. The van der Waals surface area contributed by atoms with Crippen molar-refractivity contribution in [3.05, 3.63) is 65.2 Å². The molecular weight excluding hydrogens is 569 g/mol. The van der Waals surface area contributed by atoms with E-state index in [0.29, 0.717) is 10.6 Å². The molecule has 2 amide bonds. The fourth-order valence-corrected chi connectivity index (χ4v) is 6.88. The van der Waals surface area contributed by atoms with Crippen LogP contribution in [-0.2, 0) is 19.6 Å². The third kappa shape index (κ3) is 6.01. The van der Waals surface area contributed by atoms with Crippen molar-refractivity contribution in [2.24, 2.45) is 0 Å². The molecule has 8 nitrogen and oxygen atoms in total. The number of halogens is 4. The van der Waals surface area contributed by atoms with Crippen LogP contribution in [0.2, 0.25) is 5.02 Å². The third-order valence-corrected chi connectivity index (χ3v) is 9.30. The molecule has 2 aromatic rings. The molecule has 2 heterocycles. The van der Waals surface area contributed by atoms with E-state index >= 15 is 4.39 Å². The fourth-order valence-electron chi connectivity index (χ4n) is 4.83. The molecule has 0 saturated carbocycles. The number of nitrogens with one attached hydrogen (secondary N) is 1. The van der Waals surface area contributed by atoms with Gasteiger partial charge in [-0.3, -0.25) is 9.59 Å². The number of hydrogen-bond donors (Lipinski definition) is 1. The lowest BCUT2D eigenvalue weighted by molar-refractivity contribution is -0.160. The van der Waals surface area contributed by atoms with Crippen LogP contribution in [0.15, 0.2) is 59.5 Å². The quantitative estimate of drug-likeness (QED) is 0.489. The molecular formula is C27H26ClF3N4O4S. The number of likely N-dealkylation sites (tertiary alicyclic amines) is 1. The van der Waals surface area contributed by atoms with Gasteiger partial charge in [-0.1, -0.05) is 35.9 Å². The predicted molar refractivity (Wildman–Crippen MR) is 142 cm³/mol. The van der Waals surface area contributed by atoms with E-state index < -0.39 is 65.4 Å². The molecule has 4 rings (SSSR count). The highest BCUT2D eigenvalue weighted by Crippen LogP contribution is 2.39. The molecule has 40 heavy (non-hydrogen) atoms. The summed E-state index contributed by atoms with van der Waals surface area (Å²) < 4.78 is 70.1. The summed E-state index contributed by atoms with van der Waals surface area (Å²) in [5.74, 6) is -4.49. The van der Waals surface area contributed by atoms with Crippen molar-refractivity contribution in [2.75, 3.05) is 26.2 Å². The second-order valence-corrected chi connectivity index (χ2v) is 12.1. The van der Waals surface area contributed by atoms with Crippen LogP contribution in [0.1, 0.15) is 25.3 Å². The topological polar surface area (TPSA) is 111 Å². The number of amides is 2. The first-order valence-corrected chi connectivity index (χ1v) is 14.2. The number of nitrogens with zero attached hydrogens (tertiary/aromatic N) is 3. The summed E-state index contributed by atoms with van der Waals surface area (Å²) in [6, 6.07) is 11.8. The highest BCUT2D eigenvalue weighted by Gasteiger charge is 2.48. The standard InChI is InChI=1S/C27H26ClF3N4O4S/c1-18-14-26(29,25(37)33-11-4-7-24(36)34-16-27(30,31)17-34)10-12-35(18)40(38,39)23-9-8-19(15-32)13-21(23)20-5-2-3-6-22(20)28/h2-9,13,18H,10-12,14,16-17H2,1H3,(H,33,37)/b7-4-/t18-,26+/m1/s1. The van der Waals surface area contributed by atoms with Gasteiger partial charge in [0.05, 0.1) is 29.6 Å². The summed E-state index contributed by atoms with van der Waals surface area (Å²) >= 11 is 6.33. The van der Waals surface area contributed by atoms with Gasteiger partial charge in [-0.25, -0.2) is 21.6 Å². The van der Waals surface area contributed by atoms with E-state index in [9.17, 15) is 32.0 Å². The van der Waals surface area contributed by atoms with Gasteiger partial charge in [-0.05, 0) is 31.2 Å². The Hall–Kier alpha value is -3.40. The Morgan fingerprint density at radius 3 is 2.50 bits per heavy atom. The molecule has 2 aliphatic heterocycles. The van der Waals surface area contributed by atoms with Crippen LogP contribution in [0.25, 0.3) is 11.1 Å². The lowest BCUT2D eigenvalue weighted by atomic mass is 9.89. The minimum atomic E-state index is -4.19. The number of carbonyl (C=O) groups excluding carboxylic acids is 2. The predicted octanol–water partition coefficient (Wildman–Crippen LogP) is 3.91. The summed E-state index contributed by atoms with van der Waals surface area (Å²) in [4.78, 5) is 25.3. The first kappa shape index (κ1) is 29.6. The number of hydrogen-bond acceptors (Lipinski definition) is 5.